The van der Waals surface area contributed by atoms with Crippen LogP contribution in [-0.4, -0.2) is 15.0 Å². The van der Waals surface area contributed by atoms with Crippen molar-refractivity contribution in [3.63, 3.8) is 0 Å². The molecule has 0 radical (unpaired) electrons. The summed E-state index contributed by atoms with van der Waals surface area (Å²) in [5.74, 6) is 1.17. The lowest BCUT2D eigenvalue weighted by atomic mass is 10.1. The molecule has 0 aliphatic rings. The Bertz CT molecular complexity index is 649. The molecule has 0 saturated carbocycles. The highest BCUT2D eigenvalue weighted by atomic mass is 79.9. The minimum Gasteiger partial charge on any atom is -0.342 e. The van der Waals surface area contributed by atoms with Crippen LogP contribution in [0.25, 0.3) is 11.4 Å². The van der Waals surface area contributed by atoms with E-state index in [0.29, 0.717) is 10.6 Å². The van der Waals surface area contributed by atoms with Crippen LogP contribution in [0.5, 0.6) is 0 Å². The van der Waals surface area contributed by atoms with Crippen molar-refractivity contribution in [2.75, 3.05) is 0 Å². The first-order valence-electron chi connectivity index (χ1n) is 6.27. The lowest BCUT2D eigenvalue weighted by Crippen LogP contribution is -2.02. The average Bonchev–Trinajstić information content (AvgIpc) is 2.41. The fourth-order valence-electron chi connectivity index (χ4n) is 1.94. The van der Waals surface area contributed by atoms with Gasteiger partial charge in [-0.2, -0.15) is 0 Å². The molecule has 0 aliphatic carbocycles. The van der Waals surface area contributed by atoms with Crippen molar-refractivity contribution in [2.24, 2.45) is 0 Å². The van der Waals surface area contributed by atoms with Crippen molar-refractivity contribution in [2.45, 2.75) is 33.1 Å². The van der Waals surface area contributed by atoms with Crippen LogP contribution in [0.4, 0.5) is 0 Å². The lowest BCUT2D eigenvalue weighted by molar-refractivity contribution is 0.806. The molecule has 0 amide bonds. The second-order valence-electron chi connectivity index (χ2n) is 4.66. The zero-order chi connectivity index (χ0) is 14.0. The summed E-state index contributed by atoms with van der Waals surface area (Å²) in [6.07, 6.45) is 4.58. The zero-order valence-corrected chi connectivity index (χ0v) is 13.6. The molecule has 0 aliphatic heterocycles. The highest BCUT2D eigenvalue weighted by molar-refractivity contribution is 9.10. The van der Waals surface area contributed by atoms with Gasteiger partial charge in [0, 0.05) is 23.7 Å². The van der Waals surface area contributed by atoms with Crippen LogP contribution >= 0.6 is 28.1 Å². The van der Waals surface area contributed by atoms with E-state index < -0.39 is 0 Å². The van der Waals surface area contributed by atoms with Crippen molar-refractivity contribution in [3.05, 3.63) is 38.8 Å². The Morgan fingerprint density at radius 1 is 1.42 bits per heavy atom. The maximum atomic E-state index is 5.33. The monoisotopic (exact) mass is 337 g/mol. The number of H-pyrrole nitrogens is 1. The topological polar surface area (TPSA) is 41.6 Å². The van der Waals surface area contributed by atoms with Gasteiger partial charge in [-0.1, -0.05) is 33.0 Å². The second kappa shape index (κ2) is 5.92. The zero-order valence-electron chi connectivity index (χ0n) is 11.2. The van der Waals surface area contributed by atoms with E-state index in [2.05, 4.69) is 51.7 Å². The van der Waals surface area contributed by atoms with Gasteiger partial charge in [0.1, 0.15) is 10.5 Å². The molecule has 3 nitrogen and oxygen atoms in total. The van der Waals surface area contributed by atoms with Gasteiger partial charge in [-0.3, -0.25) is 4.98 Å². The van der Waals surface area contributed by atoms with Gasteiger partial charge in [0.15, 0.2) is 0 Å². The Kier molecular flexibility index (Phi) is 4.47. The smallest absolute Gasteiger partial charge is 0.144 e. The third-order valence-electron chi connectivity index (χ3n) is 3.01. The fraction of sp³-hybridized carbons (Fsp3) is 0.357. The molecule has 2 heterocycles. The van der Waals surface area contributed by atoms with E-state index in [4.69, 9.17) is 12.2 Å². The molecule has 2 aromatic heterocycles. The molecule has 2 rings (SSSR count). The maximum Gasteiger partial charge on any atom is 0.144 e. The van der Waals surface area contributed by atoms with Gasteiger partial charge < -0.3 is 4.98 Å². The number of nitrogens with one attached hydrogen (secondary N) is 1. The highest BCUT2D eigenvalue weighted by Crippen LogP contribution is 2.27. The first-order valence-corrected chi connectivity index (χ1v) is 7.47. The Morgan fingerprint density at radius 2 is 2.16 bits per heavy atom. The van der Waals surface area contributed by atoms with E-state index >= 15 is 0 Å². The van der Waals surface area contributed by atoms with Crippen molar-refractivity contribution in [3.8, 4) is 11.4 Å². The summed E-state index contributed by atoms with van der Waals surface area (Å²) >= 11 is 8.85. The molecule has 0 atom stereocenters. The van der Waals surface area contributed by atoms with E-state index in [1.165, 1.54) is 0 Å². The van der Waals surface area contributed by atoms with Gasteiger partial charge in [-0.25, -0.2) is 4.98 Å². The Morgan fingerprint density at radius 3 is 2.79 bits per heavy atom. The van der Waals surface area contributed by atoms with Gasteiger partial charge in [0.25, 0.3) is 0 Å². The molecule has 5 heteroatoms. The third-order valence-corrected chi connectivity index (χ3v) is 4.37. The van der Waals surface area contributed by atoms with E-state index in [1.54, 1.807) is 6.20 Å². The predicted octanol–water partition coefficient (Wildman–Crippen LogP) is 4.65. The molecule has 0 aromatic carbocycles. The van der Waals surface area contributed by atoms with E-state index in [0.717, 1.165) is 33.5 Å². The van der Waals surface area contributed by atoms with Crippen LogP contribution in [0.3, 0.4) is 0 Å². The summed E-state index contributed by atoms with van der Waals surface area (Å²) in [7, 11) is 0. The molecule has 0 saturated heterocycles. The van der Waals surface area contributed by atoms with Crippen LogP contribution in [0, 0.1) is 4.64 Å². The molecule has 0 fully saturated rings. The van der Waals surface area contributed by atoms with Crippen molar-refractivity contribution in [1.29, 1.82) is 0 Å². The standard InChI is InChI=1S/C14H16BrN3S/c1-4-9-7-16-6-5-10(9)13-17-12(8(2)3)11(15)14(19)18-13/h5-8H,4H2,1-3H3,(H,17,18,19). The maximum absolute atomic E-state index is 5.33. The van der Waals surface area contributed by atoms with Crippen LogP contribution in [0.1, 0.15) is 37.9 Å². The largest absolute Gasteiger partial charge is 0.342 e. The molecule has 1 N–H and O–H groups in total. The number of aromatic nitrogens is 3. The van der Waals surface area contributed by atoms with Crippen molar-refractivity contribution < 1.29 is 0 Å². The van der Waals surface area contributed by atoms with E-state index in [-0.39, 0.29) is 0 Å². The van der Waals surface area contributed by atoms with Crippen LogP contribution in [0.15, 0.2) is 22.9 Å². The summed E-state index contributed by atoms with van der Waals surface area (Å²) < 4.78 is 1.48. The summed E-state index contributed by atoms with van der Waals surface area (Å²) in [4.78, 5) is 12.0. The Hall–Kier alpha value is -1.07. The van der Waals surface area contributed by atoms with E-state index in [1.807, 2.05) is 12.3 Å². The number of hydrogen-bond acceptors (Lipinski definition) is 3. The third kappa shape index (κ3) is 2.92. The molecule has 2 aromatic rings. The predicted molar refractivity (Wildman–Crippen MR) is 83.8 cm³/mol. The Labute approximate surface area is 126 Å². The van der Waals surface area contributed by atoms with Gasteiger partial charge >= 0.3 is 0 Å². The number of pyridine rings is 1. The van der Waals surface area contributed by atoms with Crippen molar-refractivity contribution in [1.82, 2.24) is 15.0 Å². The van der Waals surface area contributed by atoms with Gasteiger partial charge in [0.05, 0.1) is 4.47 Å². The van der Waals surface area contributed by atoms with Gasteiger partial charge in [0.2, 0.25) is 0 Å². The molecular formula is C14H16BrN3S. The summed E-state index contributed by atoms with van der Waals surface area (Å²) in [5, 5.41) is 0. The normalized spacial score (nSPS) is 11.0. The fourth-order valence-corrected chi connectivity index (χ4v) is 2.79. The second-order valence-corrected chi connectivity index (χ2v) is 5.84. The quantitative estimate of drug-likeness (QED) is 0.829. The molecule has 0 spiro atoms. The minimum atomic E-state index is 0.352. The Balaban J connectivity index is 2.67. The van der Waals surface area contributed by atoms with Crippen LogP contribution in [0.2, 0.25) is 0 Å². The number of aromatic amines is 1. The van der Waals surface area contributed by atoms with Crippen LogP contribution in [-0.2, 0) is 6.42 Å². The number of nitrogens with zero attached hydrogens (tertiary/aromatic N) is 2. The lowest BCUT2D eigenvalue weighted by Gasteiger charge is -2.13. The molecule has 100 valence electrons. The summed E-state index contributed by atoms with van der Waals surface area (Å²) in [5.41, 5.74) is 3.31. The van der Waals surface area contributed by atoms with Crippen LogP contribution < -0.4 is 0 Å². The average molecular weight is 338 g/mol. The highest BCUT2D eigenvalue weighted by Gasteiger charge is 2.12. The molecular weight excluding hydrogens is 322 g/mol. The van der Waals surface area contributed by atoms with Gasteiger partial charge in [-0.15, -0.1) is 0 Å². The van der Waals surface area contributed by atoms with Gasteiger partial charge in [-0.05, 0) is 39.9 Å². The number of rotatable bonds is 3. The first kappa shape index (κ1) is 14.3. The molecule has 0 unspecified atom stereocenters. The van der Waals surface area contributed by atoms with Crippen molar-refractivity contribution >= 4 is 28.1 Å². The summed E-state index contributed by atoms with van der Waals surface area (Å²) in [6.45, 7) is 6.36. The number of hydrogen-bond donors (Lipinski definition) is 1. The molecule has 0 bridgehead atoms. The number of aryl methyl sites for hydroxylation is 1. The number of halogens is 1. The SMILES string of the molecule is CCc1cnccc1-c1nc(=S)c(Br)c(C(C)C)[nH]1. The first-order chi connectivity index (χ1) is 9.04. The molecule has 19 heavy (non-hydrogen) atoms. The minimum absolute atomic E-state index is 0.352. The summed E-state index contributed by atoms with van der Waals surface area (Å²) in [6, 6.07) is 1.98. The van der Waals surface area contributed by atoms with E-state index in [9.17, 15) is 0 Å².